The van der Waals surface area contributed by atoms with Gasteiger partial charge in [0.15, 0.2) is 0 Å². The molecule has 2 aromatic heterocycles. The summed E-state index contributed by atoms with van der Waals surface area (Å²) in [5.41, 5.74) is 5.38. The normalized spacial score (nSPS) is 16.3. The lowest BCUT2D eigenvalue weighted by Crippen LogP contribution is -2.37. The van der Waals surface area contributed by atoms with Gasteiger partial charge in [-0.3, -0.25) is 0 Å². The molecule has 0 aromatic carbocycles. The van der Waals surface area contributed by atoms with Crippen molar-refractivity contribution in [1.82, 2.24) is 9.97 Å². The maximum Gasteiger partial charge on any atom is 0.215 e. The zero-order valence-corrected chi connectivity index (χ0v) is 27.1. The smallest absolute Gasteiger partial charge is 0.215 e. The van der Waals surface area contributed by atoms with Crippen LogP contribution in [-0.2, 0) is 9.47 Å². The maximum absolute atomic E-state index is 13.0. The third-order valence-corrected chi connectivity index (χ3v) is 5.94. The minimum Gasteiger partial charge on any atom is -0.378 e. The Balaban J connectivity index is 0.000000225. The first-order chi connectivity index (χ1) is 17.2. The van der Waals surface area contributed by atoms with Gasteiger partial charge in [0.1, 0.15) is 17.5 Å². The van der Waals surface area contributed by atoms with Crippen molar-refractivity contribution in [3.05, 3.63) is 37.4 Å². The number of aromatic nitrogens is 2. The van der Waals surface area contributed by atoms with Crippen LogP contribution in [0, 0.1) is 13.1 Å². The Kier molecular flexibility index (Phi) is 13.0. The Labute approximate surface area is 248 Å². The van der Waals surface area contributed by atoms with Crippen molar-refractivity contribution in [1.29, 1.82) is 0 Å². The SMILES string of the molecule is CC(C)(C)N.CC(C)(C)Nc1cc(I)cc(N2CCOCC2)n1.Fc1cc(I)cc(N2CCOCC2)n1. The monoisotopic (exact) mass is 742 g/mol. The van der Waals surface area contributed by atoms with Crippen LogP contribution in [-0.4, -0.2) is 73.7 Å². The van der Waals surface area contributed by atoms with E-state index >= 15 is 0 Å². The van der Waals surface area contributed by atoms with Gasteiger partial charge in [-0.2, -0.15) is 4.39 Å². The largest absolute Gasteiger partial charge is 0.378 e. The second-order valence-electron chi connectivity index (χ2n) is 10.9. The zero-order valence-electron chi connectivity index (χ0n) is 22.8. The average Bonchev–Trinajstić information content (AvgIpc) is 2.77. The van der Waals surface area contributed by atoms with Crippen LogP contribution in [0.15, 0.2) is 24.3 Å². The Hall–Kier alpha value is -1.03. The minimum atomic E-state index is -0.418. The lowest BCUT2D eigenvalue weighted by molar-refractivity contribution is 0.122. The Bertz CT molecular complexity index is 946. The number of halogens is 3. The molecule has 0 amide bonds. The van der Waals surface area contributed by atoms with Gasteiger partial charge in [0.05, 0.1) is 26.4 Å². The number of anilines is 3. The van der Waals surface area contributed by atoms with Gasteiger partial charge in [0, 0.05) is 50.5 Å². The number of morpholine rings is 2. The van der Waals surface area contributed by atoms with Crippen molar-refractivity contribution < 1.29 is 13.9 Å². The molecule has 2 aromatic rings. The lowest BCUT2D eigenvalue weighted by Gasteiger charge is -2.29. The van der Waals surface area contributed by atoms with E-state index in [0.717, 1.165) is 54.6 Å². The standard InChI is InChI=1S/C13H20IN3O.C9H10FIN2O.C4H11N/c1-13(2,3)16-11-8-10(14)9-12(15-11)17-4-6-18-7-5-17;10-8-5-7(11)6-9(12-8)13-1-3-14-4-2-13;1-4(2,3)5/h8-9H,4-7H2,1-3H3,(H,15,16);5-6H,1-4H2;5H2,1-3H3. The summed E-state index contributed by atoms with van der Waals surface area (Å²) in [6.07, 6.45) is 0. The molecule has 0 unspecified atom stereocenters. The van der Waals surface area contributed by atoms with Gasteiger partial charge in [-0.25, -0.2) is 9.97 Å². The fourth-order valence-corrected chi connectivity index (χ4v) is 4.40. The number of hydrogen-bond donors (Lipinski definition) is 2. The maximum atomic E-state index is 13.0. The third-order valence-electron chi connectivity index (χ3n) is 4.70. The summed E-state index contributed by atoms with van der Waals surface area (Å²) in [7, 11) is 0. The van der Waals surface area contributed by atoms with Gasteiger partial charge in [0.25, 0.3) is 0 Å². The molecule has 4 rings (SSSR count). The van der Waals surface area contributed by atoms with E-state index in [1.807, 2.05) is 31.7 Å². The van der Waals surface area contributed by atoms with Gasteiger partial charge < -0.3 is 30.3 Å². The summed E-state index contributed by atoms with van der Waals surface area (Å²) in [4.78, 5) is 12.9. The van der Waals surface area contributed by atoms with Crippen molar-refractivity contribution in [2.24, 2.45) is 5.73 Å². The summed E-state index contributed by atoms with van der Waals surface area (Å²) in [6.45, 7) is 18.7. The topological polar surface area (TPSA) is 88.8 Å². The molecular formula is C26H41FI2N6O2. The van der Waals surface area contributed by atoms with Crippen LogP contribution in [0.4, 0.5) is 21.8 Å². The first-order valence-electron chi connectivity index (χ1n) is 12.4. The molecular weight excluding hydrogens is 701 g/mol. The van der Waals surface area contributed by atoms with Crippen molar-refractivity contribution in [3.8, 4) is 0 Å². The lowest BCUT2D eigenvalue weighted by atomic mass is 10.1. The van der Waals surface area contributed by atoms with E-state index in [2.05, 4.69) is 93.3 Å². The second-order valence-corrected chi connectivity index (χ2v) is 13.4. The van der Waals surface area contributed by atoms with Gasteiger partial charge in [-0.15, -0.1) is 0 Å². The molecule has 11 heteroatoms. The first-order valence-corrected chi connectivity index (χ1v) is 14.6. The molecule has 4 heterocycles. The van der Waals surface area contributed by atoms with Crippen molar-refractivity contribution in [3.63, 3.8) is 0 Å². The van der Waals surface area contributed by atoms with Crippen LogP contribution in [0.1, 0.15) is 41.5 Å². The minimum absolute atomic E-state index is 0. The number of nitrogens with zero attached hydrogens (tertiary/aromatic N) is 4. The van der Waals surface area contributed by atoms with Crippen LogP contribution in [0.2, 0.25) is 0 Å². The molecule has 0 radical (unpaired) electrons. The van der Waals surface area contributed by atoms with E-state index in [0.29, 0.717) is 19.0 Å². The second kappa shape index (κ2) is 14.9. The van der Waals surface area contributed by atoms with Crippen molar-refractivity contribution in [2.75, 3.05) is 67.7 Å². The fraction of sp³-hybridized carbons (Fsp3) is 0.615. The number of hydrogen-bond acceptors (Lipinski definition) is 8. The molecule has 2 aliphatic rings. The van der Waals surface area contributed by atoms with E-state index in [4.69, 9.17) is 20.2 Å². The Morgan fingerprint density at radius 3 is 1.59 bits per heavy atom. The summed E-state index contributed by atoms with van der Waals surface area (Å²) in [5.74, 6) is 2.27. The summed E-state index contributed by atoms with van der Waals surface area (Å²) in [6, 6.07) is 7.51. The zero-order chi connectivity index (χ0) is 27.6. The predicted molar refractivity (Wildman–Crippen MR) is 167 cm³/mol. The highest BCUT2D eigenvalue weighted by molar-refractivity contribution is 14.1. The number of nitrogens with one attached hydrogen (secondary N) is 1. The molecule has 0 saturated carbocycles. The number of ether oxygens (including phenoxy) is 2. The summed E-state index contributed by atoms with van der Waals surface area (Å²) in [5, 5.41) is 3.43. The molecule has 2 saturated heterocycles. The van der Waals surface area contributed by atoms with Gasteiger partial charge in [0.2, 0.25) is 5.95 Å². The van der Waals surface area contributed by atoms with E-state index in [-0.39, 0.29) is 11.1 Å². The quantitative estimate of drug-likeness (QED) is 0.331. The van der Waals surface area contributed by atoms with Gasteiger partial charge in [-0.05, 0) is 105 Å². The number of rotatable bonds is 3. The molecule has 0 bridgehead atoms. The predicted octanol–water partition coefficient (Wildman–Crippen LogP) is 5.14. The highest BCUT2D eigenvalue weighted by Gasteiger charge is 2.16. The highest BCUT2D eigenvalue weighted by atomic mass is 127. The number of pyridine rings is 2. The highest BCUT2D eigenvalue weighted by Crippen LogP contribution is 2.22. The Morgan fingerprint density at radius 2 is 1.19 bits per heavy atom. The van der Waals surface area contributed by atoms with Crippen LogP contribution in [0.5, 0.6) is 0 Å². The summed E-state index contributed by atoms with van der Waals surface area (Å²) >= 11 is 4.43. The fourth-order valence-electron chi connectivity index (χ4n) is 3.29. The number of nitrogens with two attached hydrogens (primary N) is 1. The molecule has 0 atom stereocenters. The van der Waals surface area contributed by atoms with Crippen LogP contribution >= 0.6 is 45.2 Å². The molecule has 8 nitrogen and oxygen atoms in total. The van der Waals surface area contributed by atoms with Crippen LogP contribution in [0.25, 0.3) is 0 Å². The molecule has 3 N–H and O–H groups in total. The molecule has 37 heavy (non-hydrogen) atoms. The van der Waals surface area contributed by atoms with Gasteiger partial charge >= 0.3 is 0 Å². The molecule has 208 valence electrons. The molecule has 0 spiro atoms. The Morgan fingerprint density at radius 1 is 0.784 bits per heavy atom. The first kappa shape index (κ1) is 32.2. The molecule has 2 aliphatic heterocycles. The van der Waals surface area contributed by atoms with E-state index < -0.39 is 5.95 Å². The van der Waals surface area contributed by atoms with E-state index in [1.165, 1.54) is 9.64 Å². The van der Waals surface area contributed by atoms with Gasteiger partial charge in [-0.1, -0.05) is 0 Å². The van der Waals surface area contributed by atoms with Crippen molar-refractivity contribution in [2.45, 2.75) is 52.6 Å². The van der Waals surface area contributed by atoms with E-state index in [1.54, 1.807) is 0 Å². The van der Waals surface area contributed by atoms with Crippen LogP contribution < -0.4 is 20.9 Å². The average molecular weight is 742 g/mol. The molecule has 2 fully saturated rings. The van der Waals surface area contributed by atoms with E-state index in [9.17, 15) is 4.39 Å². The molecule has 0 aliphatic carbocycles. The summed E-state index contributed by atoms with van der Waals surface area (Å²) < 4.78 is 25.7. The third kappa shape index (κ3) is 14.1. The van der Waals surface area contributed by atoms with Crippen LogP contribution in [0.3, 0.4) is 0 Å². The van der Waals surface area contributed by atoms with Crippen molar-refractivity contribution >= 4 is 62.6 Å².